The molecule has 4 nitrogen and oxygen atoms in total. The molecular weight excluding hydrogens is 216 g/mol. The minimum atomic E-state index is -0.431. The highest BCUT2D eigenvalue weighted by Crippen LogP contribution is 2.42. The summed E-state index contributed by atoms with van der Waals surface area (Å²) < 4.78 is 0. The molecule has 1 aromatic carbocycles. The van der Waals surface area contributed by atoms with Crippen molar-refractivity contribution >= 4 is 17.3 Å². The Balaban J connectivity index is 2.35. The Hall–Kier alpha value is -1.13. The molecule has 0 spiro atoms. The quantitative estimate of drug-likeness (QED) is 0.636. The summed E-state index contributed by atoms with van der Waals surface area (Å²) in [5.74, 6) is 0.435. The number of nitro groups is 1. The van der Waals surface area contributed by atoms with E-state index >= 15 is 0 Å². The van der Waals surface area contributed by atoms with E-state index in [2.05, 4.69) is 0 Å². The zero-order valence-corrected chi connectivity index (χ0v) is 8.78. The van der Waals surface area contributed by atoms with Crippen LogP contribution >= 0.6 is 11.6 Å². The molecule has 2 N–H and O–H groups in total. The SMILES string of the molecule is N[C@H](c1cc([N+](=O)[O-])ccc1Cl)C1CC1. The number of hydrogen-bond acceptors (Lipinski definition) is 3. The van der Waals surface area contributed by atoms with Gasteiger partial charge < -0.3 is 5.73 Å². The van der Waals surface area contributed by atoms with E-state index in [1.807, 2.05) is 0 Å². The Bertz CT molecular complexity index is 404. The number of hydrogen-bond donors (Lipinski definition) is 1. The largest absolute Gasteiger partial charge is 0.324 e. The van der Waals surface area contributed by atoms with Crippen LogP contribution in [0.2, 0.25) is 5.02 Å². The predicted octanol–water partition coefficient (Wildman–Crippen LogP) is 2.66. The first kappa shape index (κ1) is 10.4. The van der Waals surface area contributed by atoms with E-state index < -0.39 is 4.92 Å². The molecule has 0 unspecified atom stereocenters. The molecule has 15 heavy (non-hydrogen) atoms. The highest BCUT2D eigenvalue weighted by Gasteiger charge is 2.31. The van der Waals surface area contributed by atoms with E-state index in [1.165, 1.54) is 18.2 Å². The molecule has 0 heterocycles. The van der Waals surface area contributed by atoms with Gasteiger partial charge in [-0.2, -0.15) is 0 Å². The number of nitro benzene ring substituents is 1. The summed E-state index contributed by atoms with van der Waals surface area (Å²) in [4.78, 5) is 10.2. The molecule has 0 saturated heterocycles. The van der Waals surface area contributed by atoms with Crippen molar-refractivity contribution in [3.8, 4) is 0 Å². The smallest absolute Gasteiger partial charge is 0.269 e. The third-order valence-electron chi connectivity index (χ3n) is 2.68. The lowest BCUT2D eigenvalue weighted by atomic mass is 10.0. The summed E-state index contributed by atoms with van der Waals surface area (Å²) in [6.07, 6.45) is 2.17. The molecule has 1 aliphatic carbocycles. The molecule has 1 atom stereocenters. The van der Waals surface area contributed by atoms with Gasteiger partial charge in [0, 0.05) is 23.2 Å². The second kappa shape index (κ2) is 3.79. The lowest BCUT2D eigenvalue weighted by molar-refractivity contribution is -0.384. The summed E-state index contributed by atoms with van der Waals surface area (Å²) in [7, 11) is 0. The number of benzene rings is 1. The minimum Gasteiger partial charge on any atom is -0.324 e. The number of rotatable bonds is 3. The van der Waals surface area contributed by atoms with Crippen LogP contribution in [0.4, 0.5) is 5.69 Å². The first-order valence-electron chi connectivity index (χ1n) is 4.79. The molecule has 1 fully saturated rings. The fourth-order valence-electron chi connectivity index (χ4n) is 1.61. The van der Waals surface area contributed by atoms with Gasteiger partial charge in [-0.15, -0.1) is 0 Å². The summed E-state index contributed by atoms with van der Waals surface area (Å²) >= 11 is 5.97. The van der Waals surface area contributed by atoms with Gasteiger partial charge in [0.1, 0.15) is 0 Å². The van der Waals surface area contributed by atoms with Crippen LogP contribution in [-0.4, -0.2) is 4.92 Å². The maximum Gasteiger partial charge on any atom is 0.269 e. The molecule has 0 bridgehead atoms. The van der Waals surface area contributed by atoms with Crippen LogP contribution in [0, 0.1) is 16.0 Å². The second-order valence-electron chi connectivity index (χ2n) is 3.83. The van der Waals surface area contributed by atoms with Crippen LogP contribution in [0.3, 0.4) is 0 Å². The molecule has 80 valence electrons. The predicted molar refractivity (Wildman–Crippen MR) is 57.8 cm³/mol. The third-order valence-corrected chi connectivity index (χ3v) is 3.02. The Morgan fingerprint density at radius 1 is 1.53 bits per heavy atom. The van der Waals surface area contributed by atoms with Gasteiger partial charge in [0.25, 0.3) is 5.69 Å². The van der Waals surface area contributed by atoms with Crippen LogP contribution < -0.4 is 5.73 Å². The Labute approximate surface area is 92.2 Å². The molecule has 0 aliphatic heterocycles. The zero-order chi connectivity index (χ0) is 11.0. The van der Waals surface area contributed by atoms with Gasteiger partial charge in [0.05, 0.1) is 4.92 Å². The average Bonchev–Trinajstić information content (AvgIpc) is 3.00. The van der Waals surface area contributed by atoms with Crippen LogP contribution in [0.25, 0.3) is 0 Å². The maximum atomic E-state index is 10.6. The summed E-state index contributed by atoms with van der Waals surface area (Å²) in [6, 6.07) is 4.24. The maximum absolute atomic E-state index is 10.6. The van der Waals surface area contributed by atoms with Crippen molar-refractivity contribution < 1.29 is 4.92 Å². The van der Waals surface area contributed by atoms with Crippen molar-refractivity contribution in [3.05, 3.63) is 38.9 Å². The minimum absolute atomic E-state index is 0.0468. The molecule has 1 aliphatic rings. The van der Waals surface area contributed by atoms with Crippen LogP contribution in [0.1, 0.15) is 24.4 Å². The van der Waals surface area contributed by atoms with E-state index in [0.29, 0.717) is 16.5 Å². The lowest BCUT2D eigenvalue weighted by Crippen LogP contribution is -2.13. The van der Waals surface area contributed by atoms with Crippen molar-refractivity contribution in [2.75, 3.05) is 0 Å². The number of non-ortho nitro benzene ring substituents is 1. The highest BCUT2D eigenvalue weighted by molar-refractivity contribution is 6.31. The van der Waals surface area contributed by atoms with E-state index in [4.69, 9.17) is 17.3 Å². The van der Waals surface area contributed by atoms with Gasteiger partial charge in [-0.1, -0.05) is 11.6 Å². The van der Waals surface area contributed by atoms with Gasteiger partial charge in [-0.25, -0.2) is 0 Å². The van der Waals surface area contributed by atoms with Crippen molar-refractivity contribution in [3.63, 3.8) is 0 Å². The molecule has 1 aromatic rings. The Kier molecular flexibility index (Phi) is 2.63. The number of halogens is 1. The zero-order valence-electron chi connectivity index (χ0n) is 8.02. The first-order valence-corrected chi connectivity index (χ1v) is 5.17. The normalized spacial score (nSPS) is 17.5. The fourth-order valence-corrected chi connectivity index (χ4v) is 1.85. The average molecular weight is 227 g/mol. The highest BCUT2D eigenvalue weighted by atomic mass is 35.5. The third kappa shape index (κ3) is 2.11. The summed E-state index contributed by atoms with van der Waals surface area (Å²) in [6.45, 7) is 0. The van der Waals surface area contributed by atoms with Crippen LogP contribution in [0.5, 0.6) is 0 Å². The van der Waals surface area contributed by atoms with Crippen molar-refractivity contribution in [2.45, 2.75) is 18.9 Å². The second-order valence-corrected chi connectivity index (χ2v) is 4.23. The van der Waals surface area contributed by atoms with Gasteiger partial charge in [0.2, 0.25) is 0 Å². The van der Waals surface area contributed by atoms with Gasteiger partial charge in [0.15, 0.2) is 0 Å². The van der Waals surface area contributed by atoms with E-state index in [0.717, 1.165) is 12.8 Å². The van der Waals surface area contributed by atoms with Crippen molar-refractivity contribution in [1.29, 1.82) is 0 Å². The fraction of sp³-hybridized carbons (Fsp3) is 0.400. The number of nitrogens with two attached hydrogens (primary N) is 1. The van der Waals surface area contributed by atoms with E-state index in [-0.39, 0.29) is 11.7 Å². The summed E-state index contributed by atoms with van der Waals surface area (Å²) in [5.41, 5.74) is 6.70. The standard InChI is InChI=1S/C10H11ClN2O2/c11-9-4-3-7(13(14)15)5-8(9)10(12)6-1-2-6/h3-6,10H,1-2,12H2/t10-/m0/s1. The van der Waals surface area contributed by atoms with E-state index in [9.17, 15) is 10.1 Å². The summed E-state index contributed by atoms with van der Waals surface area (Å²) in [5, 5.41) is 11.1. The topological polar surface area (TPSA) is 69.2 Å². The molecule has 0 radical (unpaired) electrons. The lowest BCUT2D eigenvalue weighted by Gasteiger charge is -2.11. The molecule has 0 amide bonds. The monoisotopic (exact) mass is 226 g/mol. The van der Waals surface area contributed by atoms with Crippen LogP contribution in [0.15, 0.2) is 18.2 Å². The van der Waals surface area contributed by atoms with Crippen molar-refractivity contribution in [2.24, 2.45) is 11.7 Å². The van der Waals surface area contributed by atoms with Gasteiger partial charge >= 0.3 is 0 Å². The molecule has 5 heteroatoms. The van der Waals surface area contributed by atoms with E-state index in [1.54, 1.807) is 0 Å². The molecule has 0 aromatic heterocycles. The molecule has 2 rings (SSSR count). The van der Waals surface area contributed by atoms with Gasteiger partial charge in [-0.3, -0.25) is 10.1 Å². The molecular formula is C10H11ClN2O2. The molecule has 1 saturated carbocycles. The van der Waals surface area contributed by atoms with Gasteiger partial charge in [-0.05, 0) is 30.4 Å². The Morgan fingerprint density at radius 2 is 2.20 bits per heavy atom. The first-order chi connectivity index (χ1) is 7.09. The van der Waals surface area contributed by atoms with Crippen molar-refractivity contribution in [1.82, 2.24) is 0 Å². The Morgan fingerprint density at radius 3 is 2.73 bits per heavy atom. The number of nitrogens with zero attached hydrogens (tertiary/aromatic N) is 1. The van der Waals surface area contributed by atoms with Crippen LogP contribution in [-0.2, 0) is 0 Å².